The van der Waals surface area contributed by atoms with Crippen molar-refractivity contribution in [3.8, 4) is 0 Å². The van der Waals surface area contributed by atoms with Gasteiger partial charge in [-0.15, -0.1) is 0 Å². The van der Waals surface area contributed by atoms with Gasteiger partial charge >= 0.3 is 0 Å². The van der Waals surface area contributed by atoms with Gasteiger partial charge in [-0.05, 0) is 27.2 Å². The molecule has 0 bridgehead atoms. The number of hydrogen-bond donors (Lipinski definition) is 0. The maximum Gasteiger partial charge on any atom is 0.127 e. The molecular weight excluding hydrogens is 136 g/mol. The van der Waals surface area contributed by atoms with E-state index in [4.69, 9.17) is 0 Å². The van der Waals surface area contributed by atoms with Gasteiger partial charge in [-0.25, -0.2) is 0 Å². The topological polar surface area (TPSA) is 17.1 Å². The third-order valence-corrected chi connectivity index (χ3v) is 1.58. The minimum atomic E-state index is 0.00454. The molecule has 0 spiro atoms. The second kappa shape index (κ2) is 4.89. The van der Waals surface area contributed by atoms with Crippen molar-refractivity contribution in [2.45, 2.75) is 27.2 Å². The zero-order chi connectivity index (χ0) is 8.85. The van der Waals surface area contributed by atoms with Crippen molar-refractivity contribution >= 4 is 6.29 Å². The summed E-state index contributed by atoms with van der Waals surface area (Å²) in [6.07, 6.45) is 3.82. The summed E-state index contributed by atoms with van der Waals surface area (Å²) >= 11 is 0. The Morgan fingerprint density at radius 2 is 2.00 bits per heavy atom. The highest BCUT2D eigenvalue weighted by Gasteiger charge is 2.04. The number of carbonyl (C=O) groups excluding carboxylic acids is 1. The van der Waals surface area contributed by atoms with Crippen LogP contribution in [0.5, 0.6) is 0 Å². The van der Waals surface area contributed by atoms with Crippen LogP contribution < -0.4 is 0 Å². The summed E-state index contributed by atoms with van der Waals surface area (Å²) < 4.78 is 0. The number of aldehydes is 1. The predicted octanol–water partition coefficient (Wildman–Crippen LogP) is 2.73. The summed E-state index contributed by atoms with van der Waals surface area (Å²) in [6.45, 7) is 9.69. The van der Waals surface area contributed by atoms with E-state index in [1.807, 2.05) is 20.8 Å². The first-order chi connectivity index (χ1) is 5.07. The van der Waals surface area contributed by atoms with Crippen LogP contribution in [0, 0.1) is 5.92 Å². The standard InChI is InChI=1S/C10H16O/c1-8(2)5-6-10(7-11)9(3)4/h5,7,10H,3,6H2,1-2,4H3. The molecule has 1 unspecified atom stereocenters. The van der Waals surface area contributed by atoms with Crippen LogP contribution in [0.2, 0.25) is 0 Å². The van der Waals surface area contributed by atoms with Crippen molar-refractivity contribution in [3.63, 3.8) is 0 Å². The zero-order valence-corrected chi connectivity index (χ0v) is 7.55. The van der Waals surface area contributed by atoms with Gasteiger partial charge in [0, 0.05) is 5.92 Å². The molecular formula is C10H16O. The van der Waals surface area contributed by atoms with Crippen LogP contribution in [0.1, 0.15) is 27.2 Å². The van der Waals surface area contributed by atoms with Crippen LogP contribution in [-0.4, -0.2) is 6.29 Å². The highest BCUT2D eigenvalue weighted by molar-refractivity contribution is 5.58. The second-order valence-corrected chi connectivity index (χ2v) is 3.11. The number of hydrogen-bond acceptors (Lipinski definition) is 1. The van der Waals surface area contributed by atoms with E-state index in [1.165, 1.54) is 5.57 Å². The minimum Gasteiger partial charge on any atom is -0.303 e. The van der Waals surface area contributed by atoms with Crippen molar-refractivity contribution in [1.29, 1.82) is 0 Å². The Balaban J connectivity index is 3.99. The van der Waals surface area contributed by atoms with Gasteiger partial charge in [-0.3, -0.25) is 0 Å². The fraction of sp³-hybridized carbons (Fsp3) is 0.500. The number of allylic oxidation sites excluding steroid dienone is 3. The third kappa shape index (κ3) is 4.54. The molecule has 0 aliphatic heterocycles. The van der Waals surface area contributed by atoms with Gasteiger partial charge < -0.3 is 4.79 Å². The molecule has 0 rings (SSSR count). The van der Waals surface area contributed by atoms with Gasteiger partial charge in [0.15, 0.2) is 0 Å². The van der Waals surface area contributed by atoms with E-state index in [0.29, 0.717) is 0 Å². The van der Waals surface area contributed by atoms with Crippen LogP contribution in [-0.2, 0) is 4.79 Å². The van der Waals surface area contributed by atoms with E-state index >= 15 is 0 Å². The van der Waals surface area contributed by atoms with Crippen LogP contribution in [0.15, 0.2) is 23.8 Å². The van der Waals surface area contributed by atoms with Gasteiger partial charge in [0.25, 0.3) is 0 Å². The Morgan fingerprint density at radius 1 is 1.45 bits per heavy atom. The fourth-order valence-corrected chi connectivity index (χ4v) is 0.736. The first-order valence-corrected chi connectivity index (χ1v) is 3.82. The number of carbonyl (C=O) groups is 1. The van der Waals surface area contributed by atoms with Gasteiger partial charge in [0.1, 0.15) is 6.29 Å². The van der Waals surface area contributed by atoms with Gasteiger partial charge in [0.2, 0.25) is 0 Å². The van der Waals surface area contributed by atoms with Crippen molar-refractivity contribution in [2.75, 3.05) is 0 Å². The summed E-state index contributed by atoms with van der Waals surface area (Å²) in [5.41, 5.74) is 2.19. The van der Waals surface area contributed by atoms with Crippen LogP contribution in [0.3, 0.4) is 0 Å². The average Bonchev–Trinajstić information content (AvgIpc) is 1.87. The van der Waals surface area contributed by atoms with E-state index in [2.05, 4.69) is 12.7 Å². The lowest BCUT2D eigenvalue weighted by Gasteiger charge is -2.05. The van der Waals surface area contributed by atoms with E-state index in [0.717, 1.165) is 18.3 Å². The Labute approximate surface area is 68.8 Å². The van der Waals surface area contributed by atoms with E-state index in [9.17, 15) is 4.79 Å². The largest absolute Gasteiger partial charge is 0.303 e. The van der Waals surface area contributed by atoms with Crippen LogP contribution in [0.25, 0.3) is 0 Å². The smallest absolute Gasteiger partial charge is 0.127 e. The molecule has 0 N–H and O–H groups in total. The van der Waals surface area contributed by atoms with E-state index in [-0.39, 0.29) is 5.92 Å². The van der Waals surface area contributed by atoms with Gasteiger partial charge in [-0.1, -0.05) is 23.8 Å². The summed E-state index contributed by atoms with van der Waals surface area (Å²) in [4.78, 5) is 10.5. The predicted molar refractivity (Wildman–Crippen MR) is 48.4 cm³/mol. The molecule has 0 aliphatic carbocycles. The molecule has 0 radical (unpaired) electrons. The molecule has 11 heavy (non-hydrogen) atoms. The number of rotatable bonds is 4. The first kappa shape index (κ1) is 10.2. The van der Waals surface area contributed by atoms with Crippen molar-refractivity contribution in [2.24, 2.45) is 5.92 Å². The fourth-order valence-electron chi connectivity index (χ4n) is 0.736. The molecule has 0 fully saturated rings. The molecule has 0 amide bonds. The molecule has 0 aromatic rings. The molecule has 0 saturated carbocycles. The molecule has 0 saturated heterocycles. The lowest BCUT2D eigenvalue weighted by molar-refractivity contribution is -0.110. The van der Waals surface area contributed by atoms with Crippen LogP contribution in [0.4, 0.5) is 0 Å². The zero-order valence-electron chi connectivity index (χ0n) is 7.55. The normalized spacial score (nSPS) is 11.9. The maximum absolute atomic E-state index is 10.5. The Bertz CT molecular complexity index is 173. The third-order valence-electron chi connectivity index (χ3n) is 1.58. The Kier molecular flexibility index (Phi) is 4.51. The molecule has 0 aromatic heterocycles. The van der Waals surface area contributed by atoms with E-state index in [1.54, 1.807) is 0 Å². The highest BCUT2D eigenvalue weighted by atomic mass is 16.1. The van der Waals surface area contributed by atoms with Crippen LogP contribution >= 0.6 is 0 Å². The molecule has 1 atom stereocenters. The van der Waals surface area contributed by atoms with Gasteiger partial charge in [-0.2, -0.15) is 0 Å². The lowest BCUT2D eigenvalue weighted by atomic mass is 9.99. The monoisotopic (exact) mass is 152 g/mol. The lowest BCUT2D eigenvalue weighted by Crippen LogP contribution is -2.00. The van der Waals surface area contributed by atoms with E-state index < -0.39 is 0 Å². The SMILES string of the molecule is C=C(C)C(C=O)CC=C(C)C. The van der Waals surface area contributed by atoms with Gasteiger partial charge in [0.05, 0.1) is 0 Å². The average molecular weight is 152 g/mol. The minimum absolute atomic E-state index is 0.00454. The Hall–Kier alpha value is -0.850. The van der Waals surface area contributed by atoms with Crippen molar-refractivity contribution in [3.05, 3.63) is 23.8 Å². The van der Waals surface area contributed by atoms with Crippen molar-refractivity contribution in [1.82, 2.24) is 0 Å². The Morgan fingerprint density at radius 3 is 2.27 bits per heavy atom. The summed E-state index contributed by atoms with van der Waals surface area (Å²) in [7, 11) is 0. The maximum atomic E-state index is 10.5. The molecule has 62 valence electrons. The summed E-state index contributed by atoms with van der Waals surface area (Å²) in [5.74, 6) is 0.00454. The highest BCUT2D eigenvalue weighted by Crippen LogP contribution is 2.11. The molecule has 0 aromatic carbocycles. The quantitative estimate of drug-likeness (QED) is 0.447. The summed E-state index contributed by atoms with van der Waals surface area (Å²) in [5, 5.41) is 0. The molecule has 0 aliphatic rings. The molecule has 0 heterocycles. The van der Waals surface area contributed by atoms with Crippen molar-refractivity contribution < 1.29 is 4.79 Å². The first-order valence-electron chi connectivity index (χ1n) is 3.82. The summed E-state index contributed by atoms with van der Waals surface area (Å²) in [6, 6.07) is 0. The molecule has 1 nitrogen and oxygen atoms in total. The molecule has 1 heteroatoms. The second-order valence-electron chi connectivity index (χ2n) is 3.11.